The highest BCUT2D eigenvalue weighted by molar-refractivity contribution is 6.32. The maximum atomic E-state index is 12.2. The van der Waals surface area contributed by atoms with Crippen molar-refractivity contribution in [3.05, 3.63) is 33.1 Å². The molecule has 0 aliphatic carbocycles. The van der Waals surface area contributed by atoms with Crippen molar-refractivity contribution in [1.82, 2.24) is 9.88 Å². The number of hydrogen-bond donors (Lipinski definition) is 1. The number of nitro groups is 1. The average Bonchev–Trinajstić information content (AvgIpc) is 2.39. The number of aliphatic carboxylic acids is 1. The summed E-state index contributed by atoms with van der Waals surface area (Å²) in [4.78, 5) is 37.5. The highest BCUT2D eigenvalue weighted by Crippen LogP contribution is 2.20. The van der Waals surface area contributed by atoms with E-state index in [9.17, 15) is 19.7 Å². The van der Waals surface area contributed by atoms with E-state index in [0.29, 0.717) is 0 Å². The van der Waals surface area contributed by atoms with Gasteiger partial charge in [-0.05, 0) is 6.92 Å². The van der Waals surface area contributed by atoms with E-state index in [-0.39, 0.29) is 35.9 Å². The number of nitrogens with zero attached hydrogens (tertiary/aromatic N) is 3. The third kappa shape index (κ3) is 3.89. The van der Waals surface area contributed by atoms with E-state index in [1.807, 2.05) is 0 Å². The van der Waals surface area contributed by atoms with Crippen molar-refractivity contribution >= 4 is 29.2 Å². The van der Waals surface area contributed by atoms with E-state index < -0.39 is 16.8 Å². The maximum Gasteiger partial charge on any atom is 0.305 e. The van der Waals surface area contributed by atoms with Gasteiger partial charge >= 0.3 is 5.97 Å². The number of carboxylic acid groups (broad SMARTS) is 1. The van der Waals surface area contributed by atoms with E-state index in [4.69, 9.17) is 16.7 Å². The minimum Gasteiger partial charge on any atom is -0.481 e. The van der Waals surface area contributed by atoms with Crippen LogP contribution in [0.25, 0.3) is 0 Å². The van der Waals surface area contributed by atoms with E-state index in [2.05, 4.69) is 4.98 Å². The first-order valence-electron chi connectivity index (χ1n) is 5.67. The smallest absolute Gasteiger partial charge is 0.305 e. The fraction of sp³-hybridized carbons (Fsp3) is 0.364. The van der Waals surface area contributed by atoms with Gasteiger partial charge in [0.2, 0.25) is 0 Å². The number of halogens is 1. The lowest BCUT2D eigenvalue weighted by Crippen LogP contribution is -2.33. The zero-order valence-electron chi connectivity index (χ0n) is 10.6. The lowest BCUT2D eigenvalue weighted by molar-refractivity contribution is -0.385. The second-order valence-corrected chi connectivity index (χ2v) is 4.18. The Morgan fingerprint density at radius 2 is 2.20 bits per heavy atom. The minimum absolute atomic E-state index is 0.0102. The van der Waals surface area contributed by atoms with Crippen LogP contribution in [-0.2, 0) is 4.79 Å². The second-order valence-electron chi connectivity index (χ2n) is 3.82. The molecule has 0 unspecified atom stereocenters. The number of aromatic nitrogens is 1. The van der Waals surface area contributed by atoms with Crippen molar-refractivity contribution in [3.63, 3.8) is 0 Å². The predicted molar refractivity (Wildman–Crippen MR) is 69.7 cm³/mol. The monoisotopic (exact) mass is 301 g/mol. The van der Waals surface area contributed by atoms with Gasteiger partial charge in [0.1, 0.15) is 11.3 Å². The van der Waals surface area contributed by atoms with E-state index >= 15 is 0 Å². The molecule has 20 heavy (non-hydrogen) atoms. The van der Waals surface area contributed by atoms with Crippen molar-refractivity contribution in [2.24, 2.45) is 0 Å². The highest BCUT2D eigenvalue weighted by Gasteiger charge is 2.21. The number of carbonyl (C=O) groups excluding carboxylic acids is 1. The normalized spacial score (nSPS) is 10.1. The van der Waals surface area contributed by atoms with E-state index in [1.54, 1.807) is 6.92 Å². The Kier molecular flexibility index (Phi) is 5.39. The van der Waals surface area contributed by atoms with Gasteiger partial charge in [0.15, 0.2) is 0 Å². The number of rotatable bonds is 6. The zero-order valence-corrected chi connectivity index (χ0v) is 11.3. The molecule has 1 amide bonds. The van der Waals surface area contributed by atoms with Gasteiger partial charge in [-0.2, -0.15) is 0 Å². The Balaban J connectivity index is 3.02. The highest BCUT2D eigenvalue weighted by atomic mass is 35.5. The molecule has 0 radical (unpaired) electrons. The topological polar surface area (TPSA) is 114 Å². The summed E-state index contributed by atoms with van der Waals surface area (Å²) in [5.74, 6) is -1.63. The standard InChI is InChI=1S/C11H12ClN3O5/c1-2-14(4-3-9(16)17)11(18)8-5-7(15(19)20)6-13-10(8)12/h5-6H,2-4H2,1H3,(H,16,17). The van der Waals surface area contributed by atoms with Crippen LogP contribution in [0.4, 0.5) is 5.69 Å². The van der Waals surface area contributed by atoms with Gasteiger partial charge in [-0.3, -0.25) is 19.7 Å². The van der Waals surface area contributed by atoms with Crippen molar-refractivity contribution < 1.29 is 19.6 Å². The van der Waals surface area contributed by atoms with Gasteiger partial charge < -0.3 is 10.0 Å². The van der Waals surface area contributed by atoms with Gasteiger partial charge in [0.25, 0.3) is 11.6 Å². The van der Waals surface area contributed by atoms with Crippen LogP contribution in [-0.4, -0.2) is 44.9 Å². The SMILES string of the molecule is CCN(CCC(=O)O)C(=O)c1cc([N+](=O)[O-])cnc1Cl. The number of carbonyl (C=O) groups is 2. The molecule has 1 aromatic heterocycles. The van der Waals surface area contributed by atoms with Gasteiger partial charge in [0, 0.05) is 19.2 Å². The Morgan fingerprint density at radius 3 is 2.70 bits per heavy atom. The average molecular weight is 302 g/mol. The molecular formula is C11H12ClN3O5. The van der Waals surface area contributed by atoms with Crippen LogP contribution in [0.5, 0.6) is 0 Å². The van der Waals surface area contributed by atoms with Crippen LogP contribution in [0.1, 0.15) is 23.7 Å². The molecule has 0 bridgehead atoms. The minimum atomic E-state index is -1.04. The van der Waals surface area contributed by atoms with Crippen LogP contribution >= 0.6 is 11.6 Å². The molecule has 0 spiro atoms. The molecule has 9 heteroatoms. The summed E-state index contributed by atoms with van der Waals surface area (Å²) >= 11 is 5.76. The molecule has 0 aliphatic rings. The van der Waals surface area contributed by atoms with Crippen molar-refractivity contribution in [3.8, 4) is 0 Å². The van der Waals surface area contributed by atoms with Crippen LogP contribution in [0.15, 0.2) is 12.3 Å². The molecule has 1 aromatic rings. The molecule has 0 aliphatic heterocycles. The summed E-state index contributed by atoms with van der Waals surface area (Å²) in [6.45, 7) is 1.91. The Labute approximate surface area is 119 Å². The molecule has 0 saturated heterocycles. The van der Waals surface area contributed by atoms with Crippen LogP contribution in [0, 0.1) is 10.1 Å². The van der Waals surface area contributed by atoms with E-state index in [1.165, 1.54) is 4.90 Å². The molecule has 0 aromatic carbocycles. The molecule has 108 valence electrons. The molecule has 1 rings (SSSR count). The fourth-order valence-corrected chi connectivity index (χ4v) is 1.68. The first-order valence-corrected chi connectivity index (χ1v) is 6.05. The number of carboxylic acids is 1. The summed E-state index contributed by atoms with van der Waals surface area (Å²) in [7, 11) is 0. The van der Waals surface area contributed by atoms with Gasteiger partial charge in [0.05, 0.1) is 16.9 Å². The van der Waals surface area contributed by atoms with Gasteiger partial charge in [-0.1, -0.05) is 11.6 Å². The number of amides is 1. The molecule has 8 nitrogen and oxygen atoms in total. The van der Waals surface area contributed by atoms with Crippen molar-refractivity contribution in [2.45, 2.75) is 13.3 Å². The Morgan fingerprint density at radius 1 is 1.55 bits per heavy atom. The summed E-state index contributed by atoms with van der Waals surface area (Å²) in [5.41, 5.74) is -0.472. The van der Waals surface area contributed by atoms with Gasteiger partial charge in [-0.15, -0.1) is 0 Å². The molecular weight excluding hydrogens is 290 g/mol. The summed E-state index contributed by atoms with van der Waals surface area (Å²) in [5, 5.41) is 19.1. The molecule has 0 saturated carbocycles. The zero-order chi connectivity index (χ0) is 15.3. The van der Waals surface area contributed by atoms with E-state index in [0.717, 1.165) is 12.3 Å². The first-order chi connectivity index (χ1) is 9.36. The first kappa shape index (κ1) is 15.8. The predicted octanol–water partition coefficient (Wildman–Crippen LogP) is 1.58. The molecule has 1 heterocycles. The van der Waals surface area contributed by atoms with Gasteiger partial charge in [-0.25, -0.2) is 4.98 Å². The van der Waals surface area contributed by atoms with Crippen LogP contribution < -0.4 is 0 Å². The Bertz CT molecular complexity index is 549. The summed E-state index contributed by atoms with van der Waals surface area (Å²) < 4.78 is 0. The third-order valence-corrected chi connectivity index (χ3v) is 2.83. The lowest BCUT2D eigenvalue weighted by Gasteiger charge is -2.20. The quantitative estimate of drug-likeness (QED) is 0.485. The van der Waals surface area contributed by atoms with Crippen LogP contribution in [0.3, 0.4) is 0 Å². The number of pyridine rings is 1. The van der Waals surface area contributed by atoms with Crippen molar-refractivity contribution in [2.75, 3.05) is 13.1 Å². The third-order valence-electron chi connectivity index (χ3n) is 2.53. The van der Waals surface area contributed by atoms with Crippen LogP contribution in [0.2, 0.25) is 5.15 Å². The molecule has 0 fully saturated rings. The summed E-state index contributed by atoms with van der Waals surface area (Å²) in [6, 6.07) is 1.03. The lowest BCUT2D eigenvalue weighted by atomic mass is 10.2. The second kappa shape index (κ2) is 6.80. The largest absolute Gasteiger partial charge is 0.481 e. The Hall–Kier alpha value is -2.22. The fourth-order valence-electron chi connectivity index (χ4n) is 1.49. The number of hydrogen-bond acceptors (Lipinski definition) is 5. The maximum absolute atomic E-state index is 12.2. The molecule has 0 atom stereocenters. The summed E-state index contributed by atoms with van der Waals surface area (Å²) in [6.07, 6.45) is 0.728. The van der Waals surface area contributed by atoms with Crippen molar-refractivity contribution in [1.29, 1.82) is 0 Å². The molecule has 1 N–H and O–H groups in total.